The Bertz CT molecular complexity index is 442. The van der Waals surface area contributed by atoms with Crippen molar-refractivity contribution in [3.05, 3.63) is 29.8 Å². The van der Waals surface area contributed by atoms with Gasteiger partial charge in [-0.1, -0.05) is 0 Å². The van der Waals surface area contributed by atoms with Crippen molar-refractivity contribution >= 4 is 10.0 Å². The number of nitrogens with one attached hydrogen (secondary N) is 2. The zero-order valence-corrected chi connectivity index (χ0v) is 9.44. The van der Waals surface area contributed by atoms with Crippen LogP contribution in [0.3, 0.4) is 0 Å². The zero-order chi connectivity index (χ0) is 12.2. The van der Waals surface area contributed by atoms with Crippen molar-refractivity contribution in [2.75, 3.05) is 20.1 Å². The summed E-state index contributed by atoms with van der Waals surface area (Å²) >= 11 is 0. The Kier molecular flexibility index (Phi) is 4.34. The van der Waals surface area contributed by atoms with Gasteiger partial charge in [-0.2, -0.15) is 0 Å². The lowest BCUT2D eigenvalue weighted by atomic mass is 10.3. The molecule has 0 atom stereocenters. The lowest BCUT2D eigenvalue weighted by Gasteiger charge is -2.06. The summed E-state index contributed by atoms with van der Waals surface area (Å²) < 4.78 is 50.9. The van der Waals surface area contributed by atoms with Gasteiger partial charge in [0.05, 0.1) is 4.90 Å². The number of sulfonamides is 1. The molecule has 2 N–H and O–H groups in total. The quantitative estimate of drug-likeness (QED) is 0.747. The SMILES string of the molecule is CNCCNS(=O)(=O)c1cc(F)cc(F)c1. The smallest absolute Gasteiger partial charge is 0.240 e. The van der Waals surface area contributed by atoms with Crippen molar-refractivity contribution in [1.82, 2.24) is 10.0 Å². The molecule has 90 valence electrons. The fourth-order valence-electron chi connectivity index (χ4n) is 1.08. The highest BCUT2D eigenvalue weighted by Crippen LogP contribution is 2.12. The van der Waals surface area contributed by atoms with Crippen molar-refractivity contribution in [2.45, 2.75) is 4.90 Å². The van der Waals surface area contributed by atoms with E-state index in [1.807, 2.05) is 0 Å². The highest BCUT2D eigenvalue weighted by molar-refractivity contribution is 7.89. The molecule has 0 aliphatic carbocycles. The number of hydrogen-bond donors (Lipinski definition) is 2. The Morgan fingerprint density at radius 3 is 2.19 bits per heavy atom. The van der Waals surface area contributed by atoms with Gasteiger partial charge in [-0.25, -0.2) is 21.9 Å². The van der Waals surface area contributed by atoms with Crippen molar-refractivity contribution in [3.63, 3.8) is 0 Å². The standard InChI is InChI=1S/C9H12F2N2O2S/c1-12-2-3-13-16(14,15)9-5-7(10)4-8(11)6-9/h4-6,12-13H,2-3H2,1H3. The van der Waals surface area contributed by atoms with Crippen LogP contribution < -0.4 is 10.0 Å². The molecule has 1 aromatic carbocycles. The first-order valence-corrected chi connectivity index (χ1v) is 6.04. The van der Waals surface area contributed by atoms with Crippen LogP contribution >= 0.6 is 0 Å². The molecule has 0 aromatic heterocycles. The molecule has 0 spiro atoms. The molecule has 0 fully saturated rings. The fraction of sp³-hybridized carbons (Fsp3) is 0.333. The zero-order valence-electron chi connectivity index (χ0n) is 8.63. The van der Waals surface area contributed by atoms with E-state index in [0.29, 0.717) is 12.6 Å². The summed E-state index contributed by atoms with van der Waals surface area (Å²) in [4.78, 5) is -0.416. The molecule has 16 heavy (non-hydrogen) atoms. The average molecular weight is 250 g/mol. The molecule has 0 saturated carbocycles. The molecule has 0 amide bonds. The summed E-state index contributed by atoms with van der Waals surface area (Å²) in [6.45, 7) is 0.577. The van der Waals surface area contributed by atoms with Crippen LogP contribution in [-0.4, -0.2) is 28.6 Å². The Hall–Kier alpha value is -1.05. The Morgan fingerprint density at radius 2 is 1.69 bits per heavy atom. The minimum absolute atomic E-state index is 0.150. The van der Waals surface area contributed by atoms with Crippen molar-refractivity contribution < 1.29 is 17.2 Å². The van der Waals surface area contributed by atoms with E-state index in [1.54, 1.807) is 7.05 Å². The largest absolute Gasteiger partial charge is 0.318 e. The summed E-state index contributed by atoms with van der Waals surface area (Å²) in [5.41, 5.74) is 0. The average Bonchev–Trinajstić information content (AvgIpc) is 2.16. The molecule has 0 radical (unpaired) electrons. The maximum absolute atomic E-state index is 12.8. The van der Waals surface area contributed by atoms with Crippen LogP contribution in [0.2, 0.25) is 0 Å². The maximum Gasteiger partial charge on any atom is 0.240 e. The van der Waals surface area contributed by atoms with E-state index < -0.39 is 26.6 Å². The van der Waals surface area contributed by atoms with Crippen LogP contribution in [0, 0.1) is 11.6 Å². The van der Waals surface area contributed by atoms with Gasteiger partial charge >= 0.3 is 0 Å². The number of likely N-dealkylation sites (N-methyl/N-ethyl adjacent to an activating group) is 1. The van der Waals surface area contributed by atoms with Gasteiger partial charge in [0.15, 0.2) is 0 Å². The van der Waals surface area contributed by atoms with Gasteiger partial charge in [-0.15, -0.1) is 0 Å². The third-order valence-corrected chi connectivity index (χ3v) is 3.25. The molecule has 1 aromatic rings. The number of benzene rings is 1. The minimum Gasteiger partial charge on any atom is -0.318 e. The van der Waals surface area contributed by atoms with E-state index in [2.05, 4.69) is 10.0 Å². The Morgan fingerprint density at radius 1 is 1.12 bits per heavy atom. The molecule has 0 saturated heterocycles. The molecular formula is C9H12F2N2O2S. The second-order valence-corrected chi connectivity index (χ2v) is 4.87. The first-order chi connectivity index (χ1) is 7.45. The van der Waals surface area contributed by atoms with E-state index >= 15 is 0 Å². The fourth-order valence-corrected chi connectivity index (χ4v) is 2.15. The highest BCUT2D eigenvalue weighted by Gasteiger charge is 2.15. The van der Waals surface area contributed by atoms with Gasteiger partial charge < -0.3 is 5.32 Å². The molecule has 1 rings (SSSR count). The van der Waals surface area contributed by atoms with Gasteiger partial charge in [0.25, 0.3) is 0 Å². The third-order valence-electron chi connectivity index (χ3n) is 1.81. The van der Waals surface area contributed by atoms with Crippen molar-refractivity contribution in [3.8, 4) is 0 Å². The predicted octanol–water partition coefficient (Wildman–Crippen LogP) is 0.462. The van der Waals surface area contributed by atoms with Crippen molar-refractivity contribution in [1.29, 1.82) is 0 Å². The van der Waals surface area contributed by atoms with E-state index in [0.717, 1.165) is 12.1 Å². The van der Waals surface area contributed by atoms with E-state index in [-0.39, 0.29) is 6.54 Å². The summed E-state index contributed by atoms with van der Waals surface area (Å²) in [6, 6.07) is 2.15. The summed E-state index contributed by atoms with van der Waals surface area (Å²) in [5, 5.41) is 2.74. The van der Waals surface area contributed by atoms with Crippen LogP contribution in [0.1, 0.15) is 0 Å². The van der Waals surface area contributed by atoms with Gasteiger partial charge in [0.2, 0.25) is 10.0 Å². The lowest BCUT2D eigenvalue weighted by Crippen LogP contribution is -2.30. The second kappa shape index (κ2) is 5.33. The van der Waals surface area contributed by atoms with Crippen molar-refractivity contribution in [2.24, 2.45) is 0 Å². The number of halogens is 2. The van der Waals surface area contributed by atoms with Gasteiger partial charge in [0.1, 0.15) is 11.6 Å². The molecule has 4 nitrogen and oxygen atoms in total. The molecule has 0 heterocycles. The summed E-state index contributed by atoms with van der Waals surface area (Å²) in [6.07, 6.45) is 0. The summed E-state index contributed by atoms with van der Waals surface area (Å²) in [5.74, 6) is -1.84. The normalized spacial score (nSPS) is 11.7. The molecule has 7 heteroatoms. The minimum atomic E-state index is -3.85. The monoisotopic (exact) mass is 250 g/mol. The van der Waals surface area contributed by atoms with Crippen LogP contribution in [-0.2, 0) is 10.0 Å². The summed E-state index contributed by atoms with van der Waals surface area (Å²) in [7, 11) is -2.18. The number of rotatable bonds is 5. The van der Waals surface area contributed by atoms with Gasteiger partial charge in [0, 0.05) is 19.2 Å². The molecule has 0 bridgehead atoms. The predicted molar refractivity (Wildman–Crippen MR) is 55.5 cm³/mol. The highest BCUT2D eigenvalue weighted by atomic mass is 32.2. The van der Waals surface area contributed by atoms with Crippen LogP contribution in [0.5, 0.6) is 0 Å². The van der Waals surface area contributed by atoms with E-state index in [1.165, 1.54) is 0 Å². The lowest BCUT2D eigenvalue weighted by molar-refractivity contribution is 0.560. The van der Waals surface area contributed by atoms with Crippen LogP contribution in [0.25, 0.3) is 0 Å². The van der Waals surface area contributed by atoms with E-state index in [4.69, 9.17) is 0 Å². The third kappa shape index (κ3) is 3.51. The Labute approximate surface area is 92.7 Å². The molecular weight excluding hydrogens is 238 g/mol. The molecule has 0 unspecified atom stereocenters. The Balaban J connectivity index is 2.89. The second-order valence-electron chi connectivity index (χ2n) is 3.11. The van der Waals surface area contributed by atoms with Crippen LogP contribution in [0.15, 0.2) is 23.1 Å². The molecule has 0 aliphatic heterocycles. The van der Waals surface area contributed by atoms with Crippen LogP contribution in [0.4, 0.5) is 8.78 Å². The van der Waals surface area contributed by atoms with Gasteiger partial charge in [-0.05, 0) is 19.2 Å². The topological polar surface area (TPSA) is 58.2 Å². The maximum atomic E-state index is 12.8. The number of hydrogen-bond acceptors (Lipinski definition) is 3. The first kappa shape index (κ1) is 13.0. The van der Waals surface area contributed by atoms with Gasteiger partial charge in [-0.3, -0.25) is 0 Å². The molecule has 0 aliphatic rings. The van der Waals surface area contributed by atoms with E-state index in [9.17, 15) is 17.2 Å². The first-order valence-electron chi connectivity index (χ1n) is 4.56.